The number of nitrogens with zero attached hydrogens (tertiary/aromatic N) is 1. The number of amides is 1. The Morgan fingerprint density at radius 3 is 2.62 bits per heavy atom. The maximum atomic E-state index is 12.6. The molecule has 138 valence electrons. The molecular weight excluding hydrogens is 393 g/mol. The number of nitrogens with two attached hydrogens (primary N) is 1. The summed E-state index contributed by atoms with van der Waals surface area (Å²) in [6.45, 7) is 3.11. The maximum absolute atomic E-state index is 12.6. The Morgan fingerprint density at radius 2 is 1.92 bits per heavy atom. The number of nitrogens with one attached hydrogen (secondary N) is 1. The Bertz CT molecular complexity index is 841. The van der Waals surface area contributed by atoms with Crippen LogP contribution in [0.3, 0.4) is 0 Å². The van der Waals surface area contributed by atoms with Crippen LogP contribution >= 0.6 is 34.8 Å². The lowest BCUT2D eigenvalue weighted by Crippen LogP contribution is -2.37. The first kappa shape index (κ1) is 19.2. The van der Waals surface area contributed by atoms with Gasteiger partial charge in [-0.3, -0.25) is 4.79 Å². The van der Waals surface area contributed by atoms with Crippen molar-refractivity contribution < 1.29 is 4.79 Å². The monoisotopic (exact) mass is 411 g/mol. The average Bonchev–Trinajstić information content (AvgIpc) is 2.58. The second kappa shape index (κ2) is 7.95. The predicted molar refractivity (Wildman–Crippen MR) is 111 cm³/mol. The minimum atomic E-state index is -0.351. The van der Waals surface area contributed by atoms with Crippen molar-refractivity contribution in [3.05, 3.63) is 51.0 Å². The van der Waals surface area contributed by atoms with Gasteiger partial charge in [0.2, 0.25) is 0 Å². The Labute approximate surface area is 168 Å². The van der Waals surface area contributed by atoms with Gasteiger partial charge in [0.05, 0.1) is 32.7 Å². The summed E-state index contributed by atoms with van der Waals surface area (Å²) >= 11 is 18.3. The summed E-state index contributed by atoms with van der Waals surface area (Å²) in [4.78, 5) is 14.9. The third kappa shape index (κ3) is 4.03. The summed E-state index contributed by atoms with van der Waals surface area (Å²) < 4.78 is 0. The molecule has 3 N–H and O–H groups in total. The molecule has 0 radical (unpaired) electrons. The van der Waals surface area contributed by atoms with Crippen LogP contribution in [-0.2, 0) is 0 Å². The average molecular weight is 413 g/mol. The molecule has 0 unspecified atom stereocenters. The van der Waals surface area contributed by atoms with E-state index in [1.54, 1.807) is 18.2 Å². The zero-order valence-electron chi connectivity index (χ0n) is 14.4. The van der Waals surface area contributed by atoms with Gasteiger partial charge in [0.1, 0.15) is 0 Å². The summed E-state index contributed by atoms with van der Waals surface area (Å²) in [6, 6.07) is 8.63. The van der Waals surface area contributed by atoms with Crippen LogP contribution in [0.2, 0.25) is 15.1 Å². The highest BCUT2D eigenvalue weighted by Gasteiger charge is 2.22. The number of carbonyl (C=O) groups excluding carboxylic acids is 1. The van der Waals surface area contributed by atoms with Gasteiger partial charge in [-0.1, -0.05) is 34.8 Å². The van der Waals surface area contributed by atoms with Gasteiger partial charge < -0.3 is 16.0 Å². The summed E-state index contributed by atoms with van der Waals surface area (Å²) in [5, 5.41) is 3.97. The highest BCUT2D eigenvalue weighted by Crippen LogP contribution is 2.36. The van der Waals surface area contributed by atoms with Crippen LogP contribution in [0.1, 0.15) is 36.5 Å². The largest absolute Gasteiger partial charge is 0.397 e. The molecule has 0 bridgehead atoms. The van der Waals surface area contributed by atoms with E-state index in [4.69, 9.17) is 40.5 Å². The van der Waals surface area contributed by atoms with Crippen LogP contribution in [0.4, 0.5) is 17.1 Å². The molecule has 7 heteroatoms. The molecule has 1 atom stereocenters. The van der Waals surface area contributed by atoms with Crippen LogP contribution in [0.25, 0.3) is 0 Å². The number of hydrogen-bond donors (Lipinski definition) is 2. The molecule has 1 aliphatic rings. The fourth-order valence-corrected chi connectivity index (χ4v) is 3.95. The van der Waals surface area contributed by atoms with E-state index in [2.05, 4.69) is 17.1 Å². The normalized spacial score (nSPS) is 17.2. The first-order valence-electron chi connectivity index (χ1n) is 8.49. The number of anilines is 3. The van der Waals surface area contributed by atoms with E-state index in [0.29, 0.717) is 33.0 Å². The maximum Gasteiger partial charge on any atom is 0.257 e. The lowest BCUT2D eigenvalue weighted by Gasteiger charge is -2.36. The van der Waals surface area contributed by atoms with Gasteiger partial charge in [0, 0.05) is 17.6 Å². The molecule has 1 heterocycles. The molecule has 0 spiro atoms. The fourth-order valence-electron chi connectivity index (χ4n) is 3.24. The third-order valence-electron chi connectivity index (χ3n) is 4.65. The first-order chi connectivity index (χ1) is 12.4. The van der Waals surface area contributed by atoms with Gasteiger partial charge in [-0.15, -0.1) is 0 Å². The molecule has 3 rings (SSSR count). The van der Waals surface area contributed by atoms with E-state index in [9.17, 15) is 4.79 Å². The zero-order valence-corrected chi connectivity index (χ0v) is 16.6. The summed E-state index contributed by atoms with van der Waals surface area (Å²) in [5.74, 6) is -0.351. The molecular formula is C19H20Cl3N3O. The molecule has 2 aromatic carbocycles. The highest BCUT2D eigenvalue weighted by atomic mass is 35.5. The van der Waals surface area contributed by atoms with Crippen molar-refractivity contribution in [2.45, 2.75) is 32.2 Å². The smallest absolute Gasteiger partial charge is 0.257 e. The van der Waals surface area contributed by atoms with Crippen molar-refractivity contribution >= 4 is 57.8 Å². The minimum absolute atomic E-state index is 0.284. The molecule has 26 heavy (non-hydrogen) atoms. The number of halogens is 3. The molecule has 4 nitrogen and oxygen atoms in total. The van der Waals surface area contributed by atoms with Crippen molar-refractivity contribution in [1.29, 1.82) is 0 Å². The van der Waals surface area contributed by atoms with Crippen molar-refractivity contribution in [1.82, 2.24) is 0 Å². The molecule has 1 aliphatic heterocycles. The van der Waals surface area contributed by atoms with Crippen molar-refractivity contribution in [3.8, 4) is 0 Å². The summed E-state index contributed by atoms with van der Waals surface area (Å²) in [7, 11) is 0. The first-order valence-corrected chi connectivity index (χ1v) is 9.62. The topological polar surface area (TPSA) is 58.4 Å². The standard InChI is InChI=1S/C19H20Cl3N3O/c1-11-4-2-3-7-25(11)18-10-17(15(22)9-16(18)23)24-19(26)13-6-5-12(20)8-14(13)21/h5-6,8-11H,2-4,7,23H2,1H3,(H,24,26)/t11-/m1/s1. The van der Waals surface area contributed by atoms with Gasteiger partial charge in [-0.25, -0.2) is 0 Å². The fraction of sp³-hybridized carbons (Fsp3) is 0.316. The number of hydrogen-bond acceptors (Lipinski definition) is 3. The summed E-state index contributed by atoms with van der Waals surface area (Å²) in [5.41, 5.74) is 8.52. The van der Waals surface area contributed by atoms with E-state index in [1.165, 1.54) is 12.5 Å². The van der Waals surface area contributed by atoms with Crippen LogP contribution in [-0.4, -0.2) is 18.5 Å². The van der Waals surface area contributed by atoms with Gasteiger partial charge >= 0.3 is 0 Å². The molecule has 1 fully saturated rings. The van der Waals surface area contributed by atoms with Gasteiger partial charge in [0.25, 0.3) is 5.91 Å². The van der Waals surface area contributed by atoms with E-state index in [0.717, 1.165) is 25.1 Å². The van der Waals surface area contributed by atoms with Crippen LogP contribution in [0, 0.1) is 0 Å². The highest BCUT2D eigenvalue weighted by molar-refractivity contribution is 6.38. The molecule has 0 saturated carbocycles. The summed E-state index contributed by atoms with van der Waals surface area (Å²) in [6.07, 6.45) is 3.45. The zero-order chi connectivity index (χ0) is 18.8. The van der Waals surface area contributed by atoms with Gasteiger partial charge in [-0.2, -0.15) is 0 Å². The lowest BCUT2D eigenvalue weighted by molar-refractivity contribution is 0.102. The third-order valence-corrected chi connectivity index (χ3v) is 5.51. The minimum Gasteiger partial charge on any atom is -0.397 e. The Kier molecular flexibility index (Phi) is 5.86. The lowest BCUT2D eigenvalue weighted by atomic mass is 10.0. The van der Waals surface area contributed by atoms with Crippen molar-refractivity contribution in [2.24, 2.45) is 0 Å². The second-order valence-electron chi connectivity index (χ2n) is 6.51. The van der Waals surface area contributed by atoms with Gasteiger partial charge in [0.15, 0.2) is 0 Å². The number of benzene rings is 2. The number of piperidine rings is 1. The van der Waals surface area contributed by atoms with Gasteiger partial charge in [-0.05, 0) is 56.5 Å². The van der Waals surface area contributed by atoms with E-state index in [1.807, 2.05) is 6.07 Å². The van der Waals surface area contributed by atoms with E-state index < -0.39 is 0 Å². The number of rotatable bonds is 3. The molecule has 1 amide bonds. The van der Waals surface area contributed by atoms with E-state index in [-0.39, 0.29) is 10.9 Å². The van der Waals surface area contributed by atoms with Crippen LogP contribution < -0.4 is 16.0 Å². The Morgan fingerprint density at radius 1 is 1.15 bits per heavy atom. The Hall–Kier alpha value is -1.62. The molecule has 0 aliphatic carbocycles. The molecule has 2 aromatic rings. The Balaban J connectivity index is 1.90. The number of nitrogen functional groups attached to an aromatic ring is 1. The molecule has 1 saturated heterocycles. The quantitative estimate of drug-likeness (QED) is 0.621. The van der Waals surface area contributed by atoms with Crippen LogP contribution in [0.5, 0.6) is 0 Å². The SMILES string of the molecule is C[C@@H]1CCCCN1c1cc(NC(=O)c2ccc(Cl)cc2Cl)c(Cl)cc1N. The predicted octanol–water partition coefficient (Wildman–Crippen LogP) is 5.86. The molecule has 0 aromatic heterocycles. The van der Waals surface area contributed by atoms with E-state index >= 15 is 0 Å². The van der Waals surface area contributed by atoms with Crippen molar-refractivity contribution in [3.63, 3.8) is 0 Å². The second-order valence-corrected chi connectivity index (χ2v) is 7.76. The van der Waals surface area contributed by atoms with Crippen molar-refractivity contribution in [2.75, 3.05) is 22.5 Å². The number of carbonyl (C=O) groups is 1. The van der Waals surface area contributed by atoms with Crippen LogP contribution in [0.15, 0.2) is 30.3 Å².